The Morgan fingerprint density at radius 2 is 2.17 bits per heavy atom. The van der Waals surface area contributed by atoms with Gasteiger partial charge in [0.1, 0.15) is 0 Å². The molecule has 1 N–H and O–H groups in total. The van der Waals surface area contributed by atoms with E-state index < -0.39 is 0 Å². The second kappa shape index (κ2) is 2.97. The summed E-state index contributed by atoms with van der Waals surface area (Å²) in [5, 5.41) is 1.28. The number of hydrogen-bond acceptors (Lipinski definition) is 1. The van der Waals surface area contributed by atoms with Crippen molar-refractivity contribution in [1.82, 2.24) is 4.57 Å². The molecule has 0 aliphatic carbocycles. The monoisotopic (exact) mass is 272 g/mol. The number of rotatable bonds is 1. The van der Waals surface area contributed by atoms with Gasteiger partial charge >= 0.3 is 0 Å². The van der Waals surface area contributed by atoms with Gasteiger partial charge in [0.15, 0.2) is 0 Å². The molecular formula is C9H9IN2. The molecule has 62 valence electrons. The van der Waals surface area contributed by atoms with Crippen LogP contribution in [0.15, 0.2) is 30.5 Å². The molecule has 0 fully saturated rings. The average Bonchev–Trinajstić information content (AvgIpc) is 2.47. The topological polar surface area (TPSA) is 17.0 Å². The maximum absolute atomic E-state index is 3.09. The van der Waals surface area contributed by atoms with Crippen LogP contribution in [-0.2, 0) is 7.05 Å². The molecule has 0 aliphatic heterocycles. The number of aromatic nitrogens is 1. The molecule has 1 heterocycles. The highest BCUT2D eigenvalue weighted by molar-refractivity contribution is 14.1. The van der Waals surface area contributed by atoms with Crippen molar-refractivity contribution in [3.8, 4) is 0 Å². The maximum Gasteiger partial charge on any atom is 0.0560 e. The van der Waals surface area contributed by atoms with Crippen molar-refractivity contribution < 1.29 is 0 Å². The van der Waals surface area contributed by atoms with E-state index in [1.165, 1.54) is 10.9 Å². The van der Waals surface area contributed by atoms with E-state index in [9.17, 15) is 0 Å². The Hall–Kier alpha value is -0.710. The second-order valence-electron chi connectivity index (χ2n) is 2.79. The molecule has 1 aromatic carbocycles. The summed E-state index contributed by atoms with van der Waals surface area (Å²) in [4.78, 5) is 0. The molecule has 2 nitrogen and oxygen atoms in total. The maximum atomic E-state index is 3.09. The lowest BCUT2D eigenvalue weighted by atomic mass is 10.2. The van der Waals surface area contributed by atoms with E-state index in [0.29, 0.717) is 0 Å². The number of anilines is 1. The fourth-order valence-corrected chi connectivity index (χ4v) is 1.68. The van der Waals surface area contributed by atoms with Crippen molar-refractivity contribution in [3.63, 3.8) is 0 Å². The SMILES string of the molecule is Cn1ccc2cc(NI)ccc21. The Morgan fingerprint density at radius 1 is 1.33 bits per heavy atom. The minimum Gasteiger partial charge on any atom is -0.351 e. The third kappa shape index (κ3) is 1.18. The molecule has 0 saturated carbocycles. The van der Waals surface area contributed by atoms with E-state index in [-0.39, 0.29) is 0 Å². The number of nitrogens with one attached hydrogen (secondary N) is 1. The van der Waals surface area contributed by atoms with Crippen molar-refractivity contribution in [2.45, 2.75) is 0 Å². The summed E-state index contributed by atoms with van der Waals surface area (Å²) in [5.74, 6) is 0. The molecule has 0 atom stereocenters. The minimum absolute atomic E-state index is 1.15. The standard InChI is InChI=1S/C9H9IN2/c1-12-5-4-7-6-8(11-10)2-3-9(7)12/h2-6,11H,1H3. The Morgan fingerprint density at radius 3 is 2.92 bits per heavy atom. The van der Waals surface area contributed by atoms with Crippen LogP contribution in [0.5, 0.6) is 0 Å². The van der Waals surface area contributed by atoms with Gasteiger partial charge in [-0.15, -0.1) is 0 Å². The zero-order valence-electron chi connectivity index (χ0n) is 6.71. The minimum atomic E-state index is 1.15. The number of aryl methyl sites for hydroxylation is 1. The van der Waals surface area contributed by atoms with E-state index in [2.05, 4.69) is 68.5 Å². The van der Waals surface area contributed by atoms with Gasteiger partial charge in [-0.25, -0.2) is 0 Å². The summed E-state index contributed by atoms with van der Waals surface area (Å²) in [7, 11) is 2.06. The van der Waals surface area contributed by atoms with E-state index in [1.807, 2.05) is 0 Å². The van der Waals surface area contributed by atoms with Crippen LogP contribution in [0.4, 0.5) is 5.69 Å². The zero-order chi connectivity index (χ0) is 8.55. The normalized spacial score (nSPS) is 10.5. The predicted octanol–water partition coefficient (Wildman–Crippen LogP) is 2.94. The number of benzene rings is 1. The Labute approximate surface area is 85.1 Å². The van der Waals surface area contributed by atoms with Crippen LogP contribution < -0.4 is 3.53 Å². The number of hydrogen-bond donors (Lipinski definition) is 1. The third-order valence-corrected chi connectivity index (χ3v) is 2.62. The van der Waals surface area contributed by atoms with Crippen molar-refractivity contribution >= 4 is 39.5 Å². The quantitative estimate of drug-likeness (QED) is 0.624. The first-order chi connectivity index (χ1) is 5.81. The van der Waals surface area contributed by atoms with Gasteiger partial charge in [0.25, 0.3) is 0 Å². The summed E-state index contributed by atoms with van der Waals surface area (Å²) in [6.45, 7) is 0. The molecule has 2 aromatic rings. The lowest BCUT2D eigenvalue weighted by Crippen LogP contribution is -1.84. The van der Waals surface area contributed by atoms with E-state index in [0.717, 1.165) is 5.69 Å². The molecule has 0 bridgehead atoms. The van der Waals surface area contributed by atoms with E-state index in [1.54, 1.807) is 0 Å². The molecule has 1 aromatic heterocycles. The Balaban J connectivity index is 2.69. The van der Waals surface area contributed by atoms with Crippen LogP contribution in [0, 0.1) is 0 Å². The molecule has 0 spiro atoms. The van der Waals surface area contributed by atoms with Crippen LogP contribution in [-0.4, -0.2) is 4.57 Å². The van der Waals surface area contributed by atoms with Gasteiger partial charge in [0.05, 0.1) is 22.9 Å². The Bertz CT molecular complexity index is 406. The predicted molar refractivity (Wildman–Crippen MR) is 60.6 cm³/mol. The van der Waals surface area contributed by atoms with Crippen molar-refractivity contribution in [3.05, 3.63) is 30.5 Å². The number of halogens is 1. The second-order valence-corrected chi connectivity index (χ2v) is 3.33. The van der Waals surface area contributed by atoms with Gasteiger partial charge in [0, 0.05) is 29.8 Å². The third-order valence-electron chi connectivity index (χ3n) is 1.99. The highest BCUT2D eigenvalue weighted by atomic mass is 127. The van der Waals surface area contributed by atoms with Gasteiger partial charge in [-0.1, -0.05) is 0 Å². The molecule has 3 heteroatoms. The molecule has 0 amide bonds. The molecule has 0 saturated heterocycles. The zero-order valence-corrected chi connectivity index (χ0v) is 8.87. The molecule has 0 aliphatic rings. The van der Waals surface area contributed by atoms with Crippen molar-refractivity contribution in [1.29, 1.82) is 0 Å². The lowest BCUT2D eigenvalue weighted by molar-refractivity contribution is 0.969. The lowest BCUT2D eigenvalue weighted by Gasteiger charge is -1.99. The van der Waals surface area contributed by atoms with Crippen LogP contribution in [0.2, 0.25) is 0 Å². The first kappa shape index (κ1) is 7.91. The largest absolute Gasteiger partial charge is 0.351 e. The van der Waals surface area contributed by atoms with E-state index >= 15 is 0 Å². The summed E-state index contributed by atoms with van der Waals surface area (Å²) < 4.78 is 5.21. The van der Waals surface area contributed by atoms with Gasteiger partial charge in [-0.3, -0.25) is 0 Å². The summed E-state index contributed by atoms with van der Waals surface area (Å²) in [5.41, 5.74) is 2.42. The van der Waals surface area contributed by atoms with Crippen LogP contribution in [0.3, 0.4) is 0 Å². The average molecular weight is 272 g/mol. The highest BCUT2D eigenvalue weighted by Gasteiger charge is 1.97. The number of nitrogens with zero attached hydrogens (tertiary/aromatic N) is 1. The molecule has 2 rings (SSSR count). The number of fused-ring (bicyclic) bond motifs is 1. The van der Waals surface area contributed by atoms with Gasteiger partial charge in [0.2, 0.25) is 0 Å². The fourth-order valence-electron chi connectivity index (χ4n) is 1.34. The molecular weight excluding hydrogens is 263 g/mol. The van der Waals surface area contributed by atoms with Crippen molar-refractivity contribution in [2.24, 2.45) is 7.05 Å². The Kier molecular flexibility index (Phi) is 1.96. The van der Waals surface area contributed by atoms with E-state index in [4.69, 9.17) is 0 Å². The van der Waals surface area contributed by atoms with Crippen LogP contribution in [0.25, 0.3) is 10.9 Å². The summed E-state index contributed by atoms with van der Waals surface area (Å²) >= 11 is 2.14. The first-order valence-corrected chi connectivity index (χ1v) is 4.81. The molecule has 12 heavy (non-hydrogen) atoms. The smallest absolute Gasteiger partial charge is 0.0560 e. The molecule has 0 unspecified atom stereocenters. The highest BCUT2D eigenvalue weighted by Crippen LogP contribution is 2.20. The van der Waals surface area contributed by atoms with Gasteiger partial charge in [-0.05, 0) is 24.3 Å². The fraction of sp³-hybridized carbons (Fsp3) is 0.111. The van der Waals surface area contributed by atoms with Gasteiger partial charge in [-0.2, -0.15) is 0 Å². The van der Waals surface area contributed by atoms with Crippen molar-refractivity contribution in [2.75, 3.05) is 3.53 Å². The first-order valence-electron chi connectivity index (χ1n) is 3.73. The molecule has 0 radical (unpaired) electrons. The van der Waals surface area contributed by atoms with Crippen LogP contribution in [0.1, 0.15) is 0 Å². The summed E-state index contributed by atoms with van der Waals surface area (Å²) in [6.07, 6.45) is 2.07. The van der Waals surface area contributed by atoms with Crippen LogP contribution >= 0.6 is 22.9 Å². The summed E-state index contributed by atoms with van der Waals surface area (Å²) in [6, 6.07) is 8.46. The van der Waals surface area contributed by atoms with Gasteiger partial charge < -0.3 is 8.10 Å².